The van der Waals surface area contributed by atoms with Crippen molar-refractivity contribution in [3.8, 4) is 0 Å². The van der Waals surface area contributed by atoms with Crippen LogP contribution in [0.5, 0.6) is 0 Å². The molecule has 0 fully saturated rings. The second-order valence-corrected chi connectivity index (χ2v) is 4.43. The van der Waals surface area contributed by atoms with Crippen LogP contribution in [0, 0.1) is 6.07 Å². The number of benzene rings is 1. The Morgan fingerprint density at radius 1 is 1.28 bits per heavy atom. The smallest absolute Gasteiger partial charge is 0.133 e. The molecular weight excluding hydrogens is 407 g/mol. The van der Waals surface area contributed by atoms with E-state index < -0.39 is 6.67 Å². The number of aromatic nitrogens is 2. The minimum absolute atomic E-state index is 0. The number of halogens is 1. The minimum Gasteiger partial charge on any atom is -0.261 e. The Morgan fingerprint density at radius 2 is 2.06 bits per heavy atom. The summed E-state index contributed by atoms with van der Waals surface area (Å²) < 4.78 is 12.6. The summed E-state index contributed by atoms with van der Waals surface area (Å²) in [4.78, 5) is 8.31. The monoisotopic (exact) mass is 422 g/mol. The van der Waals surface area contributed by atoms with Crippen LogP contribution >= 0.6 is 0 Å². The quantitative estimate of drug-likeness (QED) is 0.712. The first kappa shape index (κ1) is 14.9. The third kappa shape index (κ3) is 3.01. The second kappa shape index (κ2) is 6.17. The second-order valence-electron chi connectivity index (χ2n) is 4.43. The van der Waals surface area contributed by atoms with Gasteiger partial charge >= 0.3 is 0 Å². The number of rotatable bonds is 3. The van der Waals surface area contributed by atoms with Crippen LogP contribution in [0.25, 0.3) is 0 Å². The zero-order chi connectivity index (χ0) is 12.3. The molecule has 0 unspecified atom stereocenters. The van der Waals surface area contributed by atoms with Gasteiger partial charge in [0.1, 0.15) is 6.67 Å². The van der Waals surface area contributed by atoms with Crippen LogP contribution < -0.4 is 0 Å². The summed E-state index contributed by atoms with van der Waals surface area (Å²) in [7, 11) is 0. The van der Waals surface area contributed by atoms with Gasteiger partial charge in [-0.25, -0.2) is 4.39 Å². The molecule has 2 nitrogen and oxygen atoms in total. The molecule has 1 aromatic heterocycles. The Balaban J connectivity index is 0.00000162. The SMILES string of the molecule is CC(C)(c1[c-]cccc1)c1cncc(CF)n1.[Ir]. The summed E-state index contributed by atoms with van der Waals surface area (Å²) in [5.41, 5.74) is 1.83. The molecule has 0 aliphatic rings. The maximum atomic E-state index is 12.6. The van der Waals surface area contributed by atoms with Crippen LogP contribution in [0.2, 0.25) is 0 Å². The molecule has 1 aromatic carbocycles. The summed E-state index contributed by atoms with van der Waals surface area (Å²) in [6.45, 7) is 3.48. The maximum Gasteiger partial charge on any atom is 0.133 e. The Kier molecular flexibility index (Phi) is 5.12. The summed E-state index contributed by atoms with van der Waals surface area (Å²) in [6, 6.07) is 10.9. The van der Waals surface area contributed by atoms with Crippen LogP contribution in [0.4, 0.5) is 4.39 Å². The largest absolute Gasteiger partial charge is 0.261 e. The fraction of sp³-hybridized carbons (Fsp3) is 0.286. The average molecular weight is 421 g/mol. The van der Waals surface area contributed by atoms with Crippen LogP contribution in [-0.4, -0.2) is 9.97 Å². The van der Waals surface area contributed by atoms with Gasteiger partial charge in [-0.2, -0.15) is 35.9 Å². The van der Waals surface area contributed by atoms with Crippen molar-refractivity contribution in [2.24, 2.45) is 0 Å². The van der Waals surface area contributed by atoms with Gasteiger partial charge in [-0.1, -0.05) is 13.8 Å². The molecule has 2 rings (SSSR count). The third-order valence-corrected chi connectivity index (χ3v) is 2.84. The molecule has 2 aromatic rings. The van der Waals surface area contributed by atoms with Gasteiger partial charge in [0.2, 0.25) is 0 Å². The van der Waals surface area contributed by atoms with Gasteiger partial charge in [0.05, 0.1) is 17.6 Å². The van der Waals surface area contributed by atoms with Crippen molar-refractivity contribution in [1.29, 1.82) is 0 Å². The molecule has 4 heteroatoms. The van der Waals surface area contributed by atoms with Gasteiger partial charge in [-0.15, -0.1) is 0 Å². The normalized spacial score (nSPS) is 10.8. The van der Waals surface area contributed by atoms with E-state index in [9.17, 15) is 4.39 Å². The first-order valence-corrected chi connectivity index (χ1v) is 5.49. The van der Waals surface area contributed by atoms with Crippen LogP contribution in [0.3, 0.4) is 0 Å². The van der Waals surface area contributed by atoms with Gasteiger partial charge in [-0.3, -0.25) is 9.97 Å². The molecule has 97 valence electrons. The van der Waals surface area contributed by atoms with E-state index in [1.54, 1.807) is 6.20 Å². The van der Waals surface area contributed by atoms with Crippen molar-refractivity contribution < 1.29 is 24.5 Å². The van der Waals surface area contributed by atoms with Crippen LogP contribution in [-0.2, 0) is 32.2 Å². The van der Waals surface area contributed by atoms with E-state index in [-0.39, 0.29) is 25.5 Å². The number of alkyl halides is 1. The summed E-state index contributed by atoms with van der Waals surface area (Å²) in [5, 5.41) is 0. The van der Waals surface area contributed by atoms with Gasteiger partial charge in [-0.05, 0) is 0 Å². The number of hydrogen-bond donors (Lipinski definition) is 0. The van der Waals surface area contributed by atoms with Gasteiger partial charge < -0.3 is 0 Å². The fourth-order valence-electron chi connectivity index (χ4n) is 1.69. The molecule has 0 atom stereocenters. The summed E-state index contributed by atoms with van der Waals surface area (Å²) in [5.74, 6) is 0. The van der Waals surface area contributed by atoms with Crippen molar-refractivity contribution in [1.82, 2.24) is 9.97 Å². The molecular formula is C14H14FIrN2-. The molecule has 0 saturated carbocycles. The van der Waals surface area contributed by atoms with E-state index in [0.29, 0.717) is 5.69 Å². The van der Waals surface area contributed by atoms with Gasteiger partial charge in [0.15, 0.2) is 0 Å². The summed E-state index contributed by atoms with van der Waals surface area (Å²) in [6.07, 6.45) is 3.13. The minimum atomic E-state index is -0.588. The zero-order valence-corrected chi connectivity index (χ0v) is 12.7. The Labute approximate surface area is 120 Å². The molecule has 0 aliphatic heterocycles. The first-order chi connectivity index (χ1) is 8.14. The van der Waals surface area contributed by atoms with Crippen LogP contribution in [0.15, 0.2) is 36.7 Å². The zero-order valence-electron chi connectivity index (χ0n) is 10.3. The van der Waals surface area contributed by atoms with E-state index in [4.69, 9.17) is 0 Å². The predicted molar refractivity (Wildman–Crippen MR) is 64.3 cm³/mol. The summed E-state index contributed by atoms with van der Waals surface area (Å²) >= 11 is 0. The van der Waals surface area contributed by atoms with Crippen molar-refractivity contribution >= 4 is 0 Å². The van der Waals surface area contributed by atoms with Gasteiger partial charge in [0, 0.05) is 31.7 Å². The maximum absolute atomic E-state index is 12.6. The van der Waals surface area contributed by atoms with E-state index in [1.165, 1.54) is 6.20 Å². The van der Waals surface area contributed by atoms with Gasteiger partial charge in [0.25, 0.3) is 0 Å². The fourth-order valence-corrected chi connectivity index (χ4v) is 1.69. The van der Waals surface area contributed by atoms with Crippen molar-refractivity contribution in [3.63, 3.8) is 0 Å². The molecule has 0 bridgehead atoms. The molecule has 1 radical (unpaired) electrons. The van der Waals surface area contributed by atoms with E-state index >= 15 is 0 Å². The van der Waals surface area contributed by atoms with Crippen molar-refractivity contribution in [2.45, 2.75) is 25.9 Å². The standard InChI is InChI=1S/C14H14FN2.Ir/c1-14(2,11-6-4-3-5-7-11)13-10-16-9-12(8-15)17-13;/h3-6,9-10H,8H2,1-2H3;/q-1;. The number of nitrogens with zero attached hydrogens (tertiary/aromatic N) is 2. The Bertz CT molecular complexity index is 500. The molecule has 0 spiro atoms. The number of hydrogen-bond acceptors (Lipinski definition) is 2. The Morgan fingerprint density at radius 3 is 2.67 bits per heavy atom. The Hall–Kier alpha value is -1.12. The van der Waals surface area contributed by atoms with E-state index in [1.807, 2.05) is 38.1 Å². The van der Waals surface area contributed by atoms with E-state index in [0.717, 1.165) is 11.3 Å². The molecule has 0 saturated heterocycles. The molecule has 0 N–H and O–H groups in total. The third-order valence-electron chi connectivity index (χ3n) is 2.84. The topological polar surface area (TPSA) is 25.8 Å². The van der Waals surface area contributed by atoms with Crippen molar-refractivity contribution in [2.75, 3.05) is 0 Å². The first-order valence-electron chi connectivity index (χ1n) is 5.49. The molecule has 0 amide bonds. The average Bonchev–Trinajstić information content (AvgIpc) is 2.40. The van der Waals surface area contributed by atoms with Crippen molar-refractivity contribution in [3.05, 3.63) is 59.7 Å². The van der Waals surface area contributed by atoms with Crippen LogP contribution in [0.1, 0.15) is 30.8 Å². The molecule has 1 heterocycles. The predicted octanol–water partition coefficient (Wildman–Crippen LogP) is 3.07. The van der Waals surface area contributed by atoms with E-state index in [2.05, 4.69) is 16.0 Å². The molecule has 0 aliphatic carbocycles. The molecule has 18 heavy (non-hydrogen) atoms.